The Labute approximate surface area is 219 Å². The lowest BCUT2D eigenvalue weighted by molar-refractivity contribution is -0.115. The van der Waals surface area contributed by atoms with Crippen LogP contribution < -0.4 is 10.9 Å². The molecule has 0 spiro atoms. The van der Waals surface area contributed by atoms with Crippen LogP contribution in [0.4, 0.5) is 5.69 Å². The second kappa shape index (κ2) is 10.4. The van der Waals surface area contributed by atoms with Crippen LogP contribution in [0.1, 0.15) is 46.1 Å². The lowest BCUT2D eigenvalue weighted by atomic mass is 9.83. The number of thiocarbonyl (C=S) groups is 1. The number of Topliss-reactive ketones (excluding diaryl/α,β-unsaturated/α-hetero) is 1. The molecular formula is C28H27N3O3S2. The molecule has 2 aliphatic heterocycles. The highest BCUT2D eigenvalue weighted by Gasteiger charge is 2.36. The van der Waals surface area contributed by atoms with E-state index < -0.39 is 5.25 Å². The molecule has 2 aromatic carbocycles. The number of carbonyl (C=O) groups excluding carboxylic acids is 2. The number of amides is 1. The maximum Gasteiger partial charge on any atom is 0.250 e. The van der Waals surface area contributed by atoms with Crippen molar-refractivity contribution in [2.75, 3.05) is 18.4 Å². The van der Waals surface area contributed by atoms with Gasteiger partial charge < -0.3 is 14.8 Å². The van der Waals surface area contributed by atoms with Crippen LogP contribution in [0.25, 0.3) is 0 Å². The minimum absolute atomic E-state index is 0.0549. The van der Waals surface area contributed by atoms with E-state index in [2.05, 4.69) is 10.2 Å². The number of anilines is 1. The van der Waals surface area contributed by atoms with Gasteiger partial charge in [-0.25, -0.2) is 0 Å². The van der Waals surface area contributed by atoms with Crippen molar-refractivity contribution < 1.29 is 9.59 Å². The Bertz CT molecular complexity index is 1370. The normalized spacial score (nSPS) is 19.2. The Hall–Kier alpha value is -3.23. The number of rotatable bonds is 5. The van der Waals surface area contributed by atoms with E-state index in [0.29, 0.717) is 28.0 Å². The maximum atomic E-state index is 13.5. The van der Waals surface area contributed by atoms with Gasteiger partial charge in [-0.05, 0) is 43.0 Å². The standard InChI is InChI=1S/C28H27N3O3S2/c1-18(32)21-9-5-10-23(14-21)29-27(34)26(20-7-3-2-4-8-20)36-28(35)30-15-19-13-22(17-30)24-11-6-12-25(33)31(24)16-19/h2-12,14,19,22,26H,13,15-17H2,1H3,(H,29,34)/t19-,22+,26+/m1/s1. The smallest absolute Gasteiger partial charge is 0.250 e. The molecule has 1 amide bonds. The van der Waals surface area contributed by atoms with Crippen LogP contribution in [-0.2, 0) is 11.3 Å². The Balaban J connectivity index is 1.35. The molecular weight excluding hydrogens is 490 g/mol. The predicted octanol–water partition coefficient (Wildman–Crippen LogP) is 4.87. The van der Waals surface area contributed by atoms with E-state index in [4.69, 9.17) is 12.2 Å². The van der Waals surface area contributed by atoms with Gasteiger partial charge in [0, 0.05) is 48.6 Å². The third-order valence-electron chi connectivity index (χ3n) is 6.83. The molecule has 2 bridgehead atoms. The molecule has 184 valence electrons. The summed E-state index contributed by atoms with van der Waals surface area (Å²) in [4.78, 5) is 39.8. The summed E-state index contributed by atoms with van der Waals surface area (Å²) in [6.45, 7) is 3.71. The summed E-state index contributed by atoms with van der Waals surface area (Å²) in [5.41, 5.74) is 3.11. The number of piperidine rings is 1. The molecule has 3 heterocycles. The van der Waals surface area contributed by atoms with E-state index >= 15 is 0 Å². The van der Waals surface area contributed by atoms with E-state index in [1.54, 1.807) is 30.3 Å². The topological polar surface area (TPSA) is 71.4 Å². The van der Waals surface area contributed by atoms with Crippen LogP contribution in [0.15, 0.2) is 77.6 Å². The van der Waals surface area contributed by atoms with Gasteiger partial charge >= 0.3 is 0 Å². The highest BCUT2D eigenvalue weighted by molar-refractivity contribution is 8.23. The Morgan fingerprint density at radius 1 is 1.00 bits per heavy atom. The van der Waals surface area contributed by atoms with Gasteiger partial charge in [0.1, 0.15) is 9.57 Å². The summed E-state index contributed by atoms with van der Waals surface area (Å²) in [6.07, 6.45) is 1.04. The first-order valence-corrected chi connectivity index (χ1v) is 13.3. The van der Waals surface area contributed by atoms with Gasteiger partial charge in [-0.3, -0.25) is 14.4 Å². The quantitative estimate of drug-likeness (QED) is 0.385. The average Bonchev–Trinajstić information content (AvgIpc) is 2.88. The van der Waals surface area contributed by atoms with E-state index in [9.17, 15) is 14.4 Å². The van der Waals surface area contributed by atoms with Crippen LogP contribution in [0, 0.1) is 5.92 Å². The number of fused-ring (bicyclic) bond motifs is 4. The fourth-order valence-corrected chi connectivity index (χ4v) is 6.54. The van der Waals surface area contributed by atoms with Crippen LogP contribution in [0.5, 0.6) is 0 Å². The van der Waals surface area contributed by atoms with Crippen molar-refractivity contribution in [1.82, 2.24) is 9.47 Å². The van der Waals surface area contributed by atoms with Crippen molar-refractivity contribution in [1.29, 1.82) is 0 Å². The summed E-state index contributed by atoms with van der Waals surface area (Å²) in [7, 11) is 0. The van der Waals surface area contributed by atoms with Crippen molar-refractivity contribution in [3.63, 3.8) is 0 Å². The Kier molecular flexibility index (Phi) is 7.07. The summed E-state index contributed by atoms with van der Waals surface area (Å²) in [6, 6.07) is 22.1. The highest BCUT2D eigenvalue weighted by atomic mass is 32.2. The number of aromatic nitrogens is 1. The number of thioether (sulfide) groups is 1. The van der Waals surface area contributed by atoms with E-state index in [-0.39, 0.29) is 23.2 Å². The average molecular weight is 518 g/mol. The largest absolute Gasteiger partial charge is 0.356 e. The van der Waals surface area contributed by atoms with Crippen molar-refractivity contribution >= 4 is 45.7 Å². The number of nitrogens with one attached hydrogen (secondary N) is 1. The minimum Gasteiger partial charge on any atom is -0.356 e. The van der Waals surface area contributed by atoms with E-state index in [1.807, 2.05) is 47.0 Å². The number of benzene rings is 2. The fraction of sp³-hybridized carbons (Fsp3) is 0.286. The van der Waals surface area contributed by atoms with Crippen molar-refractivity contribution in [3.05, 3.63) is 100.0 Å². The molecule has 0 unspecified atom stereocenters. The van der Waals surface area contributed by atoms with Crippen LogP contribution >= 0.6 is 24.0 Å². The number of likely N-dealkylation sites (tertiary alicyclic amines) is 1. The van der Waals surface area contributed by atoms with Gasteiger partial charge in [0.25, 0.3) is 5.56 Å². The highest BCUT2D eigenvalue weighted by Crippen LogP contribution is 2.39. The minimum atomic E-state index is -0.545. The molecule has 1 fully saturated rings. The zero-order valence-corrected chi connectivity index (χ0v) is 21.6. The molecule has 1 aromatic heterocycles. The molecule has 6 nitrogen and oxygen atoms in total. The van der Waals surface area contributed by atoms with Gasteiger partial charge in [-0.2, -0.15) is 0 Å². The summed E-state index contributed by atoms with van der Waals surface area (Å²) >= 11 is 7.26. The molecule has 8 heteroatoms. The number of nitrogens with zero attached hydrogens (tertiary/aromatic N) is 2. The number of hydrogen-bond acceptors (Lipinski definition) is 5. The van der Waals surface area contributed by atoms with Crippen LogP contribution in [-0.4, -0.2) is 38.6 Å². The van der Waals surface area contributed by atoms with Crippen molar-refractivity contribution in [2.45, 2.75) is 31.1 Å². The lowest BCUT2D eigenvalue weighted by Crippen LogP contribution is -2.48. The molecule has 3 aromatic rings. The van der Waals surface area contributed by atoms with E-state index in [1.165, 1.54) is 18.7 Å². The number of hydrogen-bond donors (Lipinski definition) is 1. The van der Waals surface area contributed by atoms with Crippen molar-refractivity contribution in [3.8, 4) is 0 Å². The molecule has 0 radical (unpaired) electrons. The first kappa shape index (κ1) is 24.5. The van der Waals surface area contributed by atoms with Crippen molar-refractivity contribution in [2.24, 2.45) is 5.92 Å². The van der Waals surface area contributed by atoms with Gasteiger partial charge in [0.05, 0.1) is 0 Å². The van der Waals surface area contributed by atoms with Crippen LogP contribution in [0.2, 0.25) is 0 Å². The lowest BCUT2D eigenvalue weighted by Gasteiger charge is -2.43. The second-order valence-electron chi connectivity index (χ2n) is 9.40. The third-order valence-corrected chi connectivity index (χ3v) is 8.56. The van der Waals surface area contributed by atoms with E-state index in [0.717, 1.165) is 30.8 Å². The molecule has 0 aliphatic carbocycles. The number of pyridine rings is 1. The first-order chi connectivity index (χ1) is 17.4. The van der Waals surface area contributed by atoms with Gasteiger partial charge in [-0.15, -0.1) is 0 Å². The molecule has 36 heavy (non-hydrogen) atoms. The summed E-state index contributed by atoms with van der Waals surface area (Å²) in [5.74, 6) is 0.334. The molecule has 3 atom stereocenters. The summed E-state index contributed by atoms with van der Waals surface area (Å²) < 4.78 is 2.58. The maximum absolute atomic E-state index is 13.5. The van der Waals surface area contributed by atoms with Gasteiger partial charge in [0.2, 0.25) is 5.91 Å². The SMILES string of the molecule is CC(=O)c1cccc(NC(=O)[C@@H](SC(=S)N2C[C@H]3C[C@@H](C2)c2cccc(=O)n2C3)c2ccccc2)c1. The fourth-order valence-electron chi connectivity index (χ4n) is 5.15. The monoisotopic (exact) mass is 517 g/mol. The predicted molar refractivity (Wildman–Crippen MR) is 148 cm³/mol. The zero-order valence-electron chi connectivity index (χ0n) is 19.9. The van der Waals surface area contributed by atoms with Gasteiger partial charge in [-0.1, -0.05) is 72.5 Å². The second-order valence-corrected chi connectivity index (χ2v) is 11.1. The third kappa shape index (κ3) is 5.15. The summed E-state index contributed by atoms with van der Waals surface area (Å²) in [5, 5.41) is 2.43. The molecule has 5 rings (SSSR count). The molecule has 1 N–H and O–H groups in total. The Morgan fingerprint density at radius 2 is 1.78 bits per heavy atom. The van der Waals surface area contributed by atoms with Gasteiger partial charge in [0.15, 0.2) is 5.78 Å². The zero-order chi connectivity index (χ0) is 25.2. The number of ketones is 1. The first-order valence-electron chi connectivity index (χ1n) is 12.0. The molecule has 0 saturated carbocycles. The molecule has 2 aliphatic rings. The van der Waals surface area contributed by atoms with Crippen LogP contribution in [0.3, 0.4) is 0 Å². The Morgan fingerprint density at radius 3 is 2.56 bits per heavy atom. The number of carbonyl (C=O) groups is 2. The molecule has 1 saturated heterocycles.